The lowest BCUT2D eigenvalue weighted by molar-refractivity contribution is 0.138. The molecule has 1 saturated heterocycles. The smallest absolute Gasteiger partial charge is 0.0591 e. The van der Waals surface area contributed by atoms with Gasteiger partial charge in [0.15, 0.2) is 0 Å². The summed E-state index contributed by atoms with van der Waals surface area (Å²) in [5.41, 5.74) is 0. The first kappa shape index (κ1) is 14.7. The molecule has 0 aliphatic carbocycles. The Hall–Kier alpha value is -0.380. The van der Waals surface area contributed by atoms with Crippen molar-refractivity contribution in [2.24, 2.45) is 0 Å². The molecular weight excluding hydrogens is 212 g/mol. The minimum atomic E-state index is 0.790. The molecule has 0 bridgehead atoms. The van der Waals surface area contributed by atoms with Gasteiger partial charge in [0, 0.05) is 12.6 Å². The molecule has 1 unspecified atom stereocenters. The monoisotopic (exact) mass is 240 g/mol. The van der Waals surface area contributed by atoms with Crippen LogP contribution in [0.1, 0.15) is 32.1 Å². The van der Waals surface area contributed by atoms with Gasteiger partial charge in [0.2, 0.25) is 0 Å². The van der Waals surface area contributed by atoms with Gasteiger partial charge in [0.05, 0.1) is 13.2 Å². The summed E-state index contributed by atoms with van der Waals surface area (Å²) >= 11 is 0. The summed E-state index contributed by atoms with van der Waals surface area (Å²) in [7, 11) is 2.25. The molecule has 1 N–H and O–H groups in total. The van der Waals surface area contributed by atoms with Gasteiger partial charge in [-0.15, -0.1) is 6.58 Å². The highest BCUT2D eigenvalue weighted by molar-refractivity contribution is 4.74. The Balaban J connectivity index is 1.88. The Kier molecular flexibility index (Phi) is 8.32. The first-order valence-corrected chi connectivity index (χ1v) is 6.94. The van der Waals surface area contributed by atoms with Crippen LogP contribution < -0.4 is 5.32 Å². The number of rotatable bonds is 9. The molecule has 0 aromatic heterocycles. The Morgan fingerprint density at radius 1 is 1.35 bits per heavy atom. The largest absolute Gasteiger partial charge is 0.380 e. The van der Waals surface area contributed by atoms with Crippen LogP contribution in [0.4, 0.5) is 0 Å². The Bertz CT molecular complexity index is 197. The third-order valence-corrected chi connectivity index (χ3v) is 3.47. The number of hydrogen-bond donors (Lipinski definition) is 1. The molecule has 0 spiro atoms. The highest BCUT2D eigenvalue weighted by Crippen LogP contribution is 2.16. The van der Waals surface area contributed by atoms with Gasteiger partial charge >= 0.3 is 0 Å². The summed E-state index contributed by atoms with van der Waals surface area (Å²) in [6.07, 6.45) is 8.26. The third-order valence-electron chi connectivity index (χ3n) is 3.47. The molecule has 1 atom stereocenters. The van der Waals surface area contributed by atoms with Crippen LogP contribution >= 0.6 is 0 Å². The highest BCUT2D eigenvalue weighted by Gasteiger charge is 2.17. The molecule has 17 heavy (non-hydrogen) atoms. The van der Waals surface area contributed by atoms with Crippen molar-refractivity contribution in [3.05, 3.63) is 12.7 Å². The predicted molar refractivity (Wildman–Crippen MR) is 73.4 cm³/mol. The topological polar surface area (TPSA) is 24.5 Å². The maximum absolute atomic E-state index is 5.44. The van der Waals surface area contributed by atoms with Crippen molar-refractivity contribution in [3.8, 4) is 0 Å². The molecule has 0 radical (unpaired) electrons. The fourth-order valence-corrected chi connectivity index (χ4v) is 2.32. The zero-order valence-corrected chi connectivity index (χ0v) is 11.3. The molecule has 1 heterocycles. The standard InChI is InChI=1S/C14H28N2O/c1-3-4-12-17-13-10-15-9-8-14-7-5-6-11-16(14)2/h3,14-15H,1,4-13H2,2H3. The first-order chi connectivity index (χ1) is 8.34. The SMILES string of the molecule is C=CCCOCCNCCC1CCCCN1C. The van der Waals surface area contributed by atoms with Crippen LogP contribution in [0.5, 0.6) is 0 Å². The molecule has 1 aliphatic rings. The fourth-order valence-electron chi connectivity index (χ4n) is 2.32. The molecule has 1 aliphatic heterocycles. The van der Waals surface area contributed by atoms with Gasteiger partial charge < -0.3 is 15.0 Å². The number of nitrogens with one attached hydrogen (secondary N) is 1. The van der Waals surface area contributed by atoms with Crippen molar-refractivity contribution >= 4 is 0 Å². The second-order valence-corrected chi connectivity index (χ2v) is 4.86. The van der Waals surface area contributed by atoms with E-state index >= 15 is 0 Å². The van der Waals surface area contributed by atoms with E-state index in [0.29, 0.717) is 0 Å². The average Bonchev–Trinajstić information content (AvgIpc) is 2.35. The van der Waals surface area contributed by atoms with Crippen LogP contribution in [0.3, 0.4) is 0 Å². The van der Waals surface area contributed by atoms with Gasteiger partial charge in [-0.2, -0.15) is 0 Å². The van der Waals surface area contributed by atoms with Gasteiger partial charge in [0.25, 0.3) is 0 Å². The molecule has 3 heteroatoms. The number of likely N-dealkylation sites (tertiary alicyclic amines) is 1. The van der Waals surface area contributed by atoms with Crippen molar-refractivity contribution in [3.63, 3.8) is 0 Å². The van der Waals surface area contributed by atoms with Crippen molar-refractivity contribution in [2.75, 3.05) is 39.9 Å². The molecule has 3 nitrogen and oxygen atoms in total. The minimum Gasteiger partial charge on any atom is -0.380 e. The summed E-state index contributed by atoms with van der Waals surface area (Å²) in [6, 6.07) is 0.790. The van der Waals surface area contributed by atoms with E-state index < -0.39 is 0 Å². The molecule has 0 aromatic rings. The molecule has 1 fully saturated rings. The summed E-state index contributed by atoms with van der Waals surface area (Å²) in [5, 5.41) is 3.45. The van der Waals surface area contributed by atoms with Crippen LogP contribution in [0.2, 0.25) is 0 Å². The van der Waals surface area contributed by atoms with E-state index in [1.54, 1.807) is 0 Å². The zero-order valence-electron chi connectivity index (χ0n) is 11.3. The Labute approximate surface area is 106 Å². The minimum absolute atomic E-state index is 0.790. The number of hydrogen-bond acceptors (Lipinski definition) is 3. The van der Waals surface area contributed by atoms with Gasteiger partial charge in [0.1, 0.15) is 0 Å². The Morgan fingerprint density at radius 3 is 3.00 bits per heavy atom. The van der Waals surface area contributed by atoms with Gasteiger partial charge in [-0.05, 0) is 45.8 Å². The number of piperidine rings is 1. The lowest BCUT2D eigenvalue weighted by Gasteiger charge is -2.32. The van der Waals surface area contributed by atoms with Gasteiger partial charge in [-0.1, -0.05) is 12.5 Å². The molecule has 0 aromatic carbocycles. The molecular formula is C14H28N2O. The summed E-state index contributed by atoms with van der Waals surface area (Å²) < 4.78 is 5.44. The summed E-state index contributed by atoms with van der Waals surface area (Å²) in [6.45, 7) is 8.63. The van der Waals surface area contributed by atoms with E-state index in [4.69, 9.17) is 4.74 Å². The van der Waals surface area contributed by atoms with E-state index in [1.165, 1.54) is 32.2 Å². The van der Waals surface area contributed by atoms with Crippen LogP contribution in [0.25, 0.3) is 0 Å². The molecule has 100 valence electrons. The quantitative estimate of drug-likeness (QED) is 0.493. The Morgan fingerprint density at radius 2 is 2.24 bits per heavy atom. The van der Waals surface area contributed by atoms with E-state index in [1.807, 2.05) is 6.08 Å². The van der Waals surface area contributed by atoms with Gasteiger partial charge in [-0.3, -0.25) is 0 Å². The van der Waals surface area contributed by atoms with Crippen molar-refractivity contribution in [2.45, 2.75) is 38.1 Å². The average molecular weight is 240 g/mol. The lowest BCUT2D eigenvalue weighted by atomic mass is 10.0. The molecule has 0 amide bonds. The number of ether oxygens (including phenoxy) is 1. The van der Waals surface area contributed by atoms with E-state index in [9.17, 15) is 0 Å². The fraction of sp³-hybridized carbons (Fsp3) is 0.857. The predicted octanol–water partition coefficient (Wildman–Crippen LogP) is 2.04. The van der Waals surface area contributed by atoms with E-state index in [0.717, 1.165) is 38.8 Å². The van der Waals surface area contributed by atoms with Crippen molar-refractivity contribution in [1.29, 1.82) is 0 Å². The number of nitrogens with zero attached hydrogens (tertiary/aromatic N) is 1. The van der Waals surface area contributed by atoms with E-state index in [-0.39, 0.29) is 0 Å². The highest BCUT2D eigenvalue weighted by atomic mass is 16.5. The van der Waals surface area contributed by atoms with Crippen LogP contribution in [-0.2, 0) is 4.74 Å². The lowest BCUT2D eigenvalue weighted by Crippen LogP contribution is -2.38. The maximum Gasteiger partial charge on any atom is 0.0591 e. The van der Waals surface area contributed by atoms with Crippen LogP contribution in [-0.4, -0.2) is 50.8 Å². The second kappa shape index (κ2) is 9.63. The molecule has 0 saturated carbocycles. The van der Waals surface area contributed by atoms with Gasteiger partial charge in [-0.25, -0.2) is 0 Å². The van der Waals surface area contributed by atoms with Crippen LogP contribution in [0, 0.1) is 0 Å². The van der Waals surface area contributed by atoms with Crippen LogP contribution in [0.15, 0.2) is 12.7 Å². The van der Waals surface area contributed by atoms with Crippen molar-refractivity contribution < 1.29 is 4.74 Å². The normalized spacial score (nSPS) is 21.6. The first-order valence-electron chi connectivity index (χ1n) is 6.94. The summed E-state index contributed by atoms with van der Waals surface area (Å²) in [5.74, 6) is 0. The zero-order chi connectivity index (χ0) is 12.3. The maximum atomic E-state index is 5.44. The third kappa shape index (κ3) is 6.81. The van der Waals surface area contributed by atoms with Crippen molar-refractivity contribution in [1.82, 2.24) is 10.2 Å². The second-order valence-electron chi connectivity index (χ2n) is 4.86. The summed E-state index contributed by atoms with van der Waals surface area (Å²) in [4.78, 5) is 2.51. The molecule has 1 rings (SSSR count). The van der Waals surface area contributed by atoms with E-state index in [2.05, 4.69) is 23.8 Å².